The average molecular weight is 370 g/mol. The van der Waals surface area contributed by atoms with E-state index in [-0.39, 0.29) is 5.91 Å². The number of benzene rings is 2. The number of rotatable bonds is 6. The monoisotopic (exact) mass is 370 g/mol. The molecular formula is C21H26N2O4. The van der Waals surface area contributed by atoms with Gasteiger partial charge in [0.15, 0.2) is 0 Å². The standard InChI is InChI=1S/C21H26N2O4/c1-4-27-17-10-8-16(9-11-17)22-12-14-23(15-13-22)21(24)20-18(25-2)6-5-7-19(20)26-3/h5-11H,4,12-15H2,1-3H3. The Morgan fingerprint density at radius 2 is 1.52 bits per heavy atom. The molecule has 6 heteroatoms. The third kappa shape index (κ3) is 4.10. The van der Waals surface area contributed by atoms with Crippen LogP contribution in [-0.2, 0) is 0 Å². The summed E-state index contributed by atoms with van der Waals surface area (Å²) in [6.07, 6.45) is 0. The summed E-state index contributed by atoms with van der Waals surface area (Å²) in [5.74, 6) is 1.88. The van der Waals surface area contributed by atoms with Crippen molar-refractivity contribution in [2.75, 3.05) is 51.9 Å². The highest BCUT2D eigenvalue weighted by Crippen LogP contribution is 2.30. The van der Waals surface area contributed by atoms with E-state index in [0.29, 0.717) is 36.8 Å². The minimum Gasteiger partial charge on any atom is -0.496 e. The van der Waals surface area contributed by atoms with Gasteiger partial charge in [-0.25, -0.2) is 0 Å². The summed E-state index contributed by atoms with van der Waals surface area (Å²) in [5, 5.41) is 0. The summed E-state index contributed by atoms with van der Waals surface area (Å²) in [7, 11) is 3.13. The van der Waals surface area contributed by atoms with E-state index < -0.39 is 0 Å². The first-order valence-electron chi connectivity index (χ1n) is 9.16. The van der Waals surface area contributed by atoms with Crippen molar-refractivity contribution in [3.8, 4) is 17.2 Å². The van der Waals surface area contributed by atoms with E-state index in [1.807, 2.05) is 30.0 Å². The second-order valence-corrected chi connectivity index (χ2v) is 6.24. The van der Waals surface area contributed by atoms with Gasteiger partial charge in [0.1, 0.15) is 22.8 Å². The molecule has 1 aliphatic heterocycles. The summed E-state index contributed by atoms with van der Waals surface area (Å²) < 4.78 is 16.2. The van der Waals surface area contributed by atoms with Crippen molar-refractivity contribution in [3.05, 3.63) is 48.0 Å². The second-order valence-electron chi connectivity index (χ2n) is 6.24. The summed E-state index contributed by atoms with van der Waals surface area (Å²) in [4.78, 5) is 17.2. The van der Waals surface area contributed by atoms with E-state index >= 15 is 0 Å². The van der Waals surface area contributed by atoms with Crippen molar-refractivity contribution < 1.29 is 19.0 Å². The smallest absolute Gasteiger partial charge is 0.261 e. The maximum atomic E-state index is 13.0. The van der Waals surface area contributed by atoms with Crippen LogP contribution in [0.5, 0.6) is 17.2 Å². The van der Waals surface area contributed by atoms with Crippen LogP contribution >= 0.6 is 0 Å². The van der Waals surface area contributed by atoms with Crippen LogP contribution in [0.1, 0.15) is 17.3 Å². The molecule has 0 N–H and O–H groups in total. The average Bonchev–Trinajstić information content (AvgIpc) is 2.73. The third-order valence-corrected chi connectivity index (χ3v) is 4.72. The molecule has 0 unspecified atom stereocenters. The molecule has 27 heavy (non-hydrogen) atoms. The van der Waals surface area contributed by atoms with Gasteiger partial charge in [0.25, 0.3) is 5.91 Å². The van der Waals surface area contributed by atoms with Gasteiger partial charge < -0.3 is 24.0 Å². The Kier molecular flexibility index (Phi) is 6.06. The highest BCUT2D eigenvalue weighted by atomic mass is 16.5. The van der Waals surface area contributed by atoms with Gasteiger partial charge in [0.05, 0.1) is 20.8 Å². The predicted molar refractivity (Wildman–Crippen MR) is 105 cm³/mol. The number of amides is 1. The molecule has 1 fully saturated rings. The van der Waals surface area contributed by atoms with Crippen LogP contribution in [0.3, 0.4) is 0 Å². The van der Waals surface area contributed by atoms with E-state index in [1.54, 1.807) is 26.4 Å². The molecular weight excluding hydrogens is 344 g/mol. The molecule has 1 amide bonds. The minimum atomic E-state index is -0.0596. The zero-order valence-electron chi connectivity index (χ0n) is 16.1. The van der Waals surface area contributed by atoms with Gasteiger partial charge in [-0.3, -0.25) is 4.79 Å². The molecule has 0 bridgehead atoms. The maximum Gasteiger partial charge on any atom is 0.261 e. The fraction of sp³-hybridized carbons (Fsp3) is 0.381. The van der Waals surface area contributed by atoms with Crippen molar-refractivity contribution >= 4 is 11.6 Å². The second kappa shape index (κ2) is 8.66. The number of carbonyl (C=O) groups excluding carboxylic acids is 1. The fourth-order valence-corrected chi connectivity index (χ4v) is 3.31. The zero-order valence-corrected chi connectivity index (χ0v) is 16.1. The van der Waals surface area contributed by atoms with Crippen LogP contribution < -0.4 is 19.1 Å². The Labute approximate surface area is 160 Å². The molecule has 0 saturated carbocycles. The van der Waals surface area contributed by atoms with Crippen LogP contribution in [0.4, 0.5) is 5.69 Å². The molecule has 1 heterocycles. The Hall–Kier alpha value is -2.89. The molecule has 2 aromatic carbocycles. The van der Waals surface area contributed by atoms with Gasteiger partial charge in [-0.05, 0) is 43.3 Å². The molecule has 2 aromatic rings. The number of methoxy groups -OCH3 is 2. The highest BCUT2D eigenvalue weighted by Gasteiger charge is 2.27. The van der Waals surface area contributed by atoms with Crippen LogP contribution in [0.15, 0.2) is 42.5 Å². The molecule has 144 valence electrons. The first-order valence-corrected chi connectivity index (χ1v) is 9.16. The normalized spacial score (nSPS) is 14.0. The number of hydrogen-bond acceptors (Lipinski definition) is 5. The molecule has 6 nitrogen and oxygen atoms in total. The summed E-state index contributed by atoms with van der Waals surface area (Å²) >= 11 is 0. The molecule has 0 aliphatic carbocycles. The third-order valence-electron chi connectivity index (χ3n) is 4.72. The van der Waals surface area contributed by atoms with Crippen LogP contribution in [0, 0.1) is 0 Å². The largest absolute Gasteiger partial charge is 0.496 e. The predicted octanol–water partition coefficient (Wildman–Crippen LogP) is 3.06. The van der Waals surface area contributed by atoms with E-state index in [1.165, 1.54) is 0 Å². The summed E-state index contributed by atoms with van der Waals surface area (Å²) in [6.45, 7) is 5.47. The van der Waals surface area contributed by atoms with Gasteiger partial charge in [0.2, 0.25) is 0 Å². The van der Waals surface area contributed by atoms with Crippen molar-refractivity contribution in [2.45, 2.75) is 6.92 Å². The Bertz CT molecular complexity index is 746. The molecule has 0 atom stereocenters. The molecule has 0 aromatic heterocycles. The Morgan fingerprint density at radius 1 is 0.926 bits per heavy atom. The Balaban J connectivity index is 1.68. The number of carbonyl (C=O) groups is 1. The lowest BCUT2D eigenvalue weighted by molar-refractivity contribution is 0.0740. The van der Waals surface area contributed by atoms with Gasteiger partial charge in [-0.2, -0.15) is 0 Å². The van der Waals surface area contributed by atoms with Gasteiger partial charge in [-0.15, -0.1) is 0 Å². The molecule has 1 aliphatic rings. The lowest BCUT2D eigenvalue weighted by atomic mass is 10.1. The number of piperazine rings is 1. The summed E-state index contributed by atoms with van der Waals surface area (Å²) in [5.41, 5.74) is 1.62. The van der Waals surface area contributed by atoms with Crippen LogP contribution in [0.2, 0.25) is 0 Å². The lowest BCUT2D eigenvalue weighted by Gasteiger charge is -2.36. The van der Waals surface area contributed by atoms with E-state index in [0.717, 1.165) is 24.5 Å². The highest BCUT2D eigenvalue weighted by molar-refractivity contribution is 5.99. The number of ether oxygens (including phenoxy) is 3. The summed E-state index contributed by atoms with van der Waals surface area (Å²) in [6, 6.07) is 13.5. The lowest BCUT2D eigenvalue weighted by Crippen LogP contribution is -2.48. The van der Waals surface area contributed by atoms with Gasteiger partial charge >= 0.3 is 0 Å². The topological polar surface area (TPSA) is 51.2 Å². The molecule has 0 spiro atoms. The van der Waals surface area contributed by atoms with Crippen molar-refractivity contribution in [3.63, 3.8) is 0 Å². The van der Waals surface area contributed by atoms with E-state index in [9.17, 15) is 4.79 Å². The maximum absolute atomic E-state index is 13.0. The SMILES string of the molecule is CCOc1ccc(N2CCN(C(=O)c3c(OC)cccc3OC)CC2)cc1. The number of hydrogen-bond donors (Lipinski definition) is 0. The van der Waals surface area contributed by atoms with Crippen LogP contribution in [-0.4, -0.2) is 57.8 Å². The van der Waals surface area contributed by atoms with Crippen molar-refractivity contribution in [1.82, 2.24) is 4.90 Å². The van der Waals surface area contributed by atoms with Crippen molar-refractivity contribution in [2.24, 2.45) is 0 Å². The Morgan fingerprint density at radius 3 is 2.04 bits per heavy atom. The first kappa shape index (κ1) is 18.9. The molecule has 1 saturated heterocycles. The first-order chi connectivity index (χ1) is 13.2. The van der Waals surface area contributed by atoms with E-state index in [2.05, 4.69) is 17.0 Å². The van der Waals surface area contributed by atoms with Gasteiger partial charge in [0, 0.05) is 31.9 Å². The molecule has 3 rings (SSSR count). The van der Waals surface area contributed by atoms with Crippen LogP contribution in [0.25, 0.3) is 0 Å². The van der Waals surface area contributed by atoms with Crippen molar-refractivity contribution in [1.29, 1.82) is 0 Å². The number of nitrogens with zero attached hydrogens (tertiary/aromatic N) is 2. The van der Waals surface area contributed by atoms with E-state index in [4.69, 9.17) is 14.2 Å². The fourth-order valence-electron chi connectivity index (χ4n) is 3.31. The quantitative estimate of drug-likeness (QED) is 0.782. The molecule has 0 radical (unpaired) electrons. The van der Waals surface area contributed by atoms with Gasteiger partial charge in [-0.1, -0.05) is 6.07 Å². The number of anilines is 1. The minimum absolute atomic E-state index is 0.0596. The zero-order chi connectivity index (χ0) is 19.2.